The van der Waals surface area contributed by atoms with Crippen molar-refractivity contribution in [1.29, 1.82) is 0 Å². The van der Waals surface area contributed by atoms with Gasteiger partial charge in [0.1, 0.15) is 5.60 Å². The third-order valence-corrected chi connectivity index (χ3v) is 3.84. The Bertz CT molecular complexity index is 373. The van der Waals surface area contributed by atoms with Crippen LogP contribution in [0.25, 0.3) is 0 Å². The first-order chi connectivity index (χ1) is 8.53. The fraction of sp³-hybridized carbons (Fsp3) is 0.923. The summed E-state index contributed by atoms with van der Waals surface area (Å²) in [7, 11) is 0. The molecule has 4 nitrogen and oxygen atoms in total. The molecule has 2 rings (SSSR count). The van der Waals surface area contributed by atoms with Crippen molar-refractivity contribution in [2.24, 2.45) is 11.1 Å². The Kier molecular flexibility index (Phi) is 3.28. The standard InChI is InChI=1S/C13H22F2N2O2/c1-11(2,3)19-10(18)17-7-12(8-17)5-4-9(16)13(14,15)6-12/h9H,4-8,16H2,1-3H3. The van der Waals surface area contributed by atoms with Crippen LogP contribution in [0.3, 0.4) is 0 Å². The summed E-state index contributed by atoms with van der Waals surface area (Å²) in [6, 6.07) is -1.05. The van der Waals surface area contributed by atoms with Crippen LogP contribution in [0.1, 0.15) is 40.0 Å². The minimum Gasteiger partial charge on any atom is -0.444 e. The number of halogens is 2. The van der Waals surface area contributed by atoms with Gasteiger partial charge in [-0.2, -0.15) is 0 Å². The van der Waals surface area contributed by atoms with Crippen LogP contribution in [-0.4, -0.2) is 41.6 Å². The number of ether oxygens (including phenoxy) is 1. The third-order valence-electron chi connectivity index (χ3n) is 3.84. The van der Waals surface area contributed by atoms with Crippen molar-refractivity contribution in [2.45, 2.75) is 57.6 Å². The van der Waals surface area contributed by atoms with Crippen LogP contribution in [-0.2, 0) is 4.74 Å². The van der Waals surface area contributed by atoms with E-state index in [1.165, 1.54) is 4.90 Å². The second-order valence-corrected chi connectivity index (χ2v) is 6.92. The fourth-order valence-electron chi connectivity index (χ4n) is 2.88. The highest BCUT2D eigenvalue weighted by atomic mass is 19.3. The SMILES string of the molecule is CC(C)(C)OC(=O)N1CC2(CCC(N)C(F)(F)C2)C1. The molecule has 2 aliphatic rings. The molecule has 6 heteroatoms. The number of nitrogens with zero attached hydrogens (tertiary/aromatic N) is 1. The Morgan fingerprint density at radius 2 is 1.95 bits per heavy atom. The molecule has 1 spiro atoms. The van der Waals surface area contributed by atoms with Crippen molar-refractivity contribution in [3.8, 4) is 0 Å². The quantitative estimate of drug-likeness (QED) is 0.739. The van der Waals surface area contributed by atoms with E-state index in [2.05, 4.69) is 0 Å². The van der Waals surface area contributed by atoms with E-state index < -0.39 is 29.1 Å². The van der Waals surface area contributed by atoms with Crippen LogP contribution in [0.15, 0.2) is 0 Å². The summed E-state index contributed by atoms with van der Waals surface area (Å²) in [5.41, 5.74) is 4.42. The summed E-state index contributed by atoms with van der Waals surface area (Å²) in [6.07, 6.45) is 0.329. The number of alkyl halides is 2. The van der Waals surface area contributed by atoms with Crippen molar-refractivity contribution in [3.05, 3.63) is 0 Å². The Hall–Kier alpha value is -0.910. The van der Waals surface area contributed by atoms with Gasteiger partial charge in [0.25, 0.3) is 5.92 Å². The van der Waals surface area contributed by atoms with Gasteiger partial charge >= 0.3 is 6.09 Å². The van der Waals surface area contributed by atoms with Gasteiger partial charge in [-0.05, 0) is 33.6 Å². The fourth-order valence-corrected chi connectivity index (χ4v) is 2.88. The van der Waals surface area contributed by atoms with Crippen molar-refractivity contribution in [1.82, 2.24) is 4.90 Å². The molecule has 19 heavy (non-hydrogen) atoms. The largest absolute Gasteiger partial charge is 0.444 e. The number of amides is 1. The first-order valence-electron chi connectivity index (χ1n) is 6.64. The zero-order valence-electron chi connectivity index (χ0n) is 11.7. The van der Waals surface area contributed by atoms with Gasteiger partial charge in [0, 0.05) is 24.9 Å². The van der Waals surface area contributed by atoms with Gasteiger partial charge in [0.05, 0.1) is 6.04 Å². The van der Waals surface area contributed by atoms with Gasteiger partial charge in [-0.1, -0.05) is 0 Å². The average Bonchev–Trinajstić information content (AvgIpc) is 2.16. The van der Waals surface area contributed by atoms with E-state index >= 15 is 0 Å². The number of carbonyl (C=O) groups excluding carboxylic acids is 1. The molecule has 0 aromatic rings. The molecule has 0 aromatic carbocycles. The molecule has 2 N–H and O–H groups in total. The summed E-state index contributed by atoms with van der Waals surface area (Å²) in [5.74, 6) is -2.82. The Morgan fingerprint density at radius 3 is 2.42 bits per heavy atom. The molecular formula is C13H22F2N2O2. The molecular weight excluding hydrogens is 254 g/mol. The number of carbonyl (C=O) groups is 1. The predicted octanol–water partition coefficient (Wildman–Crippen LogP) is 2.37. The maximum Gasteiger partial charge on any atom is 0.410 e. The molecule has 1 amide bonds. The summed E-state index contributed by atoms with van der Waals surface area (Å²) in [5, 5.41) is 0. The molecule has 1 aliphatic heterocycles. The van der Waals surface area contributed by atoms with E-state index in [1.54, 1.807) is 20.8 Å². The van der Waals surface area contributed by atoms with Gasteiger partial charge in [-0.15, -0.1) is 0 Å². The lowest BCUT2D eigenvalue weighted by Gasteiger charge is -2.54. The molecule has 0 aromatic heterocycles. The van der Waals surface area contributed by atoms with Gasteiger partial charge in [-0.25, -0.2) is 13.6 Å². The highest BCUT2D eigenvalue weighted by molar-refractivity contribution is 5.69. The van der Waals surface area contributed by atoms with E-state index in [1.807, 2.05) is 0 Å². The number of nitrogens with two attached hydrogens (primary N) is 1. The molecule has 1 aliphatic carbocycles. The highest BCUT2D eigenvalue weighted by Crippen LogP contribution is 2.49. The maximum absolute atomic E-state index is 13.7. The Morgan fingerprint density at radius 1 is 1.37 bits per heavy atom. The molecule has 1 atom stereocenters. The first-order valence-corrected chi connectivity index (χ1v) is 6.64. The number of hydrogen-bond donors (Lipinski definition) is 1. The zero-order chi connectivity index (χ0) is 14.5. The monoisotopic (exact) mass is 276 g/mol. The van der Waals surface area contributed by atoms with Crippen molar-refractivity contribution in [3.63, 3.8) is 0 Å². The smallest absolute Gasteiger partial charge is 0.410 e. The second-order valence-electron chi connectivity index (χ2n) is 6.92. The number of likely N-dealkylation sites (tertiary alicyclic amines) is 1. The van der Waals surface area contributed by atoms with Gasteiger partial charge in [0.2, 0.25) is 0 Å². The van der Waals surface area contributed by atoms with Gasteiger partial charge in [0.15, 0.2) is 0 Å². The lowest BCUT2D eigenvalue weighted by Crippen LogP contribution is -2.64. The normalized spacial score (nSPS) is 28.9. The molecule has 1 saturated carbocycles. The maximum atomic E-state index is 13.7. The molecule has 2 fully saturated rings. The van der Waals surface area contributed by atoms with E-state index in [4.69, 9.17) is 10.5 Å². The minimum atomic E-state index is -2.82. The molecule has 0 bridgehead atoms. The lowest BCUT2D eigenvalue weighted by atomic mass is 9.66. The van der Waals surface area contributed by atoms with Crippen LogP contribution in [0.2, 0.25) is 0 Å². The van der Waals surface area contributed by atoms with Crippen molar-refractivity contribution in [2.75, 3.05) is 13.1 Å². The van der Waals surface area contributed by atoms with E-state index in [-0.39, 0.29) is 6.42 Å². The summed E-state index contributed by atoms with van der Waals surface area (Å²) < 4.78 is 32.5. The van der Waals surface area contributed by atoms with Gasteiger partial charge in [-0.3, -0.25) is 0 Å². The second kappa shape index (κ2) is 4.30. The highest BCUT2D eigenvalue weighted by Gasteiger charge is 2.56. The molecule has 0 radical (unpaired) electrons. The third kappa shape index (κ3) is 2.99. The van der Waals surface area contributed by atoms with Crippen LogP contribution >= 0.6 is 0 Å². The summed E-state index contributed by atoms with van der Waals surface area (Å²) >= 11 is 0. The topological polar surface area (TPSA) is 55.6 Å². The van der Waals surface area contributed by atoms with Crippen molar-refractivity contribution >= 4 is 6.09 Å². The molecule has 1 unspecified atom stereocenters. The predicted molar refractivity (Wildman–Crippen MR) is 67.0 cm³/mol. The number of hydrogen-bond acceptors (Lipinski definition) is 3. The Labute approximate surface area is 112 Å². The van der Waals surface area contributed by atoms with Gasteiger partial charge < -0.3 is 15.4 Å². The summed E-state index contributed by atoms with van der Waals surface area (Å²) in [6.45, 7) is 6.06. The van der Waals surface area contributed by atoms with Crippen molar-refractivity contribution < 1.29 is 18.3 Å². The van der Waals surface area contributed by atoms with E-state index in [0.29, 0.717) is 25.9 Å². The minimum absolute atomic E-state index is 0.222. The Balaban J connectivity index is 1.90. The molecule has 110 valence electrons. The van der Waals surface area contributed by atoms with Crippen LogP contribution in [0.4, 0.5) is 13.6 Å². The van der Waals surface area contributed by atoms with Crippen LogP contribution in [0.5, 0.6) is 0 Å². The van der Waals surface area contributed by atoms with E-state index in [0.717, 1.165) is 0 Å². The molecule has 1 heterocycles. The number of rotatable bonds is 0. The molecule has 1 saturated heterocycles. The summed E-state index contributed by atoms with van der Waals surface area (Å²) in [4.78, 5) is 13.3. The van der Waals surface area contributed by atoms with E-state index in [9.17, 15) is 13.6 Å². The zero-order valence-corrected chi connectivity index (χ0v) is 11.7. The first kappa shape index (κ1) is 14.5. The average molecular weight is 276 g/mol. The lowest BCUT2D eigenvalue weighted by molar-refractivity contribution is -0.141. The van der Waals surface area contributed by atoms with Crippen LogP contribution in [0, 0.1) is 5.41 Å². The van der Waals surface area contributed by atoms with Crippen LogP contribution < -0.4 is 5.73 Å².